The minimum Gasteiger partial charge on any atom is -0.369 e. The van der Waals surface area contributed by atoms with E-state index < -0.39 is 0 Å². The average molecular weight is 514 g/mol. The van der Waals surface area contributed by atoms with E-state index in [4.69, 9.17) is 11.6 Å². The number of rotatable bonds is 7. The largest absolute Gasteiger partial charge is 0.369 e. The number of H-pyrrole nitrogens is 1. The zero-order chi connectivity index (χ0) is 25.9. The summed E-state index contributed by atoms with van der Waals surface area (Å²) >= 11 is 6.70. The monoisotopic (exact) mass is 513 g/mol. The van der Waals surface area contributed by atoms with Crippen LogP contribution in [0.3, 0.4) is 0 Å². The normalized spacial score (nSPS) is 16.5. The fourth-order valence-electron chi connectivity index (χ4n) is 5.22. The number of aromatic nitrogens is 2. The molecule has 0 saturated carbocycles. The van der Waals surface area contributed by atoms with E-state index in [1.54, 1.807) is 11.1 Å². The number of nitrogens with zero attached hydrogens (tertiary/aromatic N) is 4. The number of amides is 1. The van der Waals surface area contributed by atoms with Gasteiger partial charge in [-0.25, -0.2) is 4.98 Å². The molecule has 0 spiro atoms. The van der Waals surface area contributed by atoms with Gasteiger partial charge in [0.2, 0.25) is 5.91 Å². The number of nitrogens with one attached hydrogen (secondary N) is 1. The Morgan fingerprint density at radius 1 is 1.16 bits per heavy atom. The fraction of sp³-hybridized carbons (Fsp3) is 0.267. The molecule has 1 aromatic carbocycles. The van der Waals surface area contributed by atoms with E-state index in [-0.39, 0.29) is 5.91 Å². The molecule has 0 aliphatic carbocycles. The van der Waals surface area contributed by atoms with Crippen molar-refractivity contribution < 1.29 is 4.79 Å². The number of allylic oxidation sites excluding steroid dienone is 4. The standard InChI is InChI=1S/C30H32ClN5O/c1-4-7-23(35-18-16-34(3)17-19-35)8-6-9-25-28(29-24(31)12-14-32-30(29)33-25)22-11-10-21-13-15-36(26(21)20-22)27(37)5-2/h4-8,10-12,14,20H,1-2,9,13,15-19H2,3H3,(H,32,33)/b8-6-,23-7+. The first-order chi connectivity index (χ1) is 18.0. The molecule has 37 heavy (non-hydrogen) atoms. The van der Waals surface area contributed by atoms with Gasteiger partial charge in [-0.3, -0.25) is 4.79 Å². The lowest BCUT2D eigenvalue weighted by Crippen LogP contribution is -2.43. The molecule has 0 radical (unpaired) electrons. The molecule has 1 saturated heterocycles. The van der Waals surface area contributed by atoms with E-state index in [2.05, 4.69) is 76.4 Å². The van der Waals surface area contributed by atoms with Gasteiger partial charge in [-0.15, -0.1) is 0 Å². The van der Waals surface area contributed by atoms with Crippen LogP contribution in [0.1, 0.15) is 11.3 Å². The Kier molecular flexibility index (Phi) is 7.31. The summed E-state index contributed by atoms with van der Waals surface area (Å²) in [7, 11) is 2.16. The van der Waals surface area contributed by atoms with Gasteiger partial charge in [0.1, 0.15) is 5.65 Å². The van der Waals surface area contributed by atoms with Crippen LogP contribution in [0.5, 0.6) is 0 Å². The van der Waals surface area contributed by atoms with Crippen LogP contribution in [0.4, 0.5) is 5.69 Å². The number of benzene rings is 1. The highest BCUT2D eigenvalue weighted by Crippen LogP contribution is 2.40. The molecule has 2 aliphatic heterocycles. The number of fused-ring (bicyclic) bond motifs is 2. The van der Waals surface area contributed by atoms with Crippen LogP contribution in [0, 0.1) is 0 Å². The maximum atomic E-state index is 12.5. The van der Waals surface area contributed by atoms with Crippen molar-refractivity contribution in [2.45, 2.75) is 12.8 Å². The van der Waals surface area contributed by atoms with E-state index >= 15 is 0 Å². The summed E-state index contributed by atoms with van der Waals surface area (Å²) < 4.78 is 0. The Morgan fingerprint density at radius 3 is 2.73 bits per heavy atom. The molecule has 4 heterocycles. The Morgan fingerprint density at radius 2 is 1.97 bits per heavy atom. The van der Waals surface area contributed by atoms with Crippen molar-refractivity contribution in [2.24, 2.45) is 0 Å². The van der Waals surface area contributed by atoms with Gasteiger partial charge in [-0.2, -0.15) is 0 Å². The smallest absolute Gasteiger partial charge is 0.250 e. The molecule has 1 N–H and O–H groups in total. The number of aromatic amines is 1. The predicted molar refractivity (Wildman–Crippen MR) is 153 cm³/mol. The number of hydrogen-bond acceptors (Lipinski definition) is 4. The van der Waals surface area contributed by atoms with E-state index in [1.165, 1.54) is 6.08 Å². The van der Waals surface area contributed by atoms with Crippen molar-refractivity contribution in [3.63, 3.8) is 0 Å². The van der Waals surface area contributed by atoms with Crippen molar-refractivity contribution in [2.75, 3.05) is 44.7 Å². The summed E-state index contributed by atoms with van der Waals surface area (Å²) in [4.78, 5) is 27.1. The zero-order valence-electron chi connectivity index (χ0n) is 21.2. The summed E-state index contributed by atoms with van der Waals surface area (Å²) in [6.45, 7) is 12.3. The Bertz CT molecular complexity index is 1410. The second-order valence-corrected chi connectivity index (χ2v) is 9.91. The van der Waals surface area contributed by atoms with Crippen LogP contribution in [0.2, 0.25) is 5.02 Å². The number of carbonyl (C=O) groups is 1. The van der Waals surface area contributed by atoms with Crippen LogP contribution in [-0.2, 0) is 17.6 Å². The Labute approximate surface area is 223 Å². The maximum absolute atomic E-state index is 12.5. The van der Waals surface area contributed by atoms with Crippen molar-refractivity contribution in [3.05, 3.63) is 96.0 Å². The molecule has 2 aliphatic rings. The number of halogens is 1. The van der Waals surface area contributed by atoms with Gasteiger partial charge in [0, 0.05) is 73.4 Å². The predicted octanol–water partition coefficient (Wildman–Crippen LogP) is 5.37. The maximum Gasteiger partial charge on any atom is 0.250 e. The second kappa shape index (κ2) is 10.8. The highest BCUT2D eigenvalue weighted by Gasteiger charge is 2.25. The van der Waals surface area contributed by atoms with Gasteiger partial charge in [0.25, 0.3) is 0 Å². The molecule has 7 heteroatoms. The number of piperazine rings is 1. The summed E-state index contributed by atoms with van der Waals surface area (Å²) in [5.74, 6) is -0.0804. The molecular weight excluding hydrogens is 482 g/mol. The first-order valence-electron chi connectivity index (χ1n) is 12.6. The van der Waals surface area contributed by atoms with Crippen molar-refractivity contribution in [1.82, 2.24) is 19.8 Å². The number of carbonyl (C=O) groups excluding carboxylic acids is 1. The third-order valence-corrected chi connectivity index (χ3v) is 7.51. The molecule has 1 fully saturated rings. The molecule has 3 aromatic rings. The molecule has 190 valence electrons. The molecule has 5 rings (SSSR count). The first kappa shape index (κ1) is 25.1. The average Bonchev–Trinajstić information content (AvgIpc) is 3.50. The zero-order valence-corrected chi connectivity index (χ0v) is 22.0. The van der Waals surface area contributed by atoms with Crippen LogP contribution < -0.4 is 4.90 Å². The minimum absolute atomic E-state index is 0.0804. The van der Waals surface area contributed by atoms with Gasteiger partial charge in [0.05, 0.1) is 5.02 Å². The summed E-state index contributed by atoms with van der Waals surface area (Å²) in [5.41, 5.74) is 7.07. The van der Waals surface area contributed by atoms with Crippen LogP contribution in [-0.4, -0.2) is 65.4 Å². The lowest BCUT2D eigenvalue weighted by Gasteiger charge is -2.34. The molecule has 0 bridgehead atoms. The van der Waals surface area contributed by atoms with Crippen LogP contribution in [0.25, 0.3) is 22.2 Å². The number of anilines is 1. The van der Waals surface area contributed by atoms with Gasteiger partial charge >= 0.3 is 0 Å². The quantitative estimate of drug-likeness (QED) is 0.340. The van der Waals surface area contributed by atoms with E-state index in [0.717, 1.165) is 77.4 Å². The second-order valence-electron chi connectivity index (χ2n) is 9.51. The summed E-state index contributed by atoms with van der Waals surface area (Å²) in [6, 6.07) is 8.14. The molecule has 0 unspecified atom stereocenters. The van der Waals surface area contributed by atoms with Gasteiger partial charge in [-0.05, 0) is 55.0 Å². The highest BCUT2D eigenvalue weighted by atomic mass is 35.5. The number of hydrogen-bond donors (Lipinski definition) is 1. The molecule has 2 aromatic heterocycles. The highest BCUT2D eigenvalue weighted by molar-refractivity contribution is 6.36. The third kappa shape index (κ3) is 4.99. The molecule has 1 amide bonds. The van der Waals surface area contributed by atoms with Gasteiger partial charge in [-0.1, -0.05) is 49.0 Å². The summed E-state index contributed by atoms with van der Waals surface area (Å²) in [5, 5.41) is 1.55. The van der Waals surface area contributed by atoms with Crippen LogP contribution in [0.15, 0.2) is 79.7 Å². The van der Waals surface area contributed by atoms with Gasteiger partial charge in [0.15, 0.2) is 0 Å². The number of likely N-dealkylation sites (N-methyl/N-ethyl adjacent to an activating group) is 1. The third-order valence-electron chi connectivity index (χ3n) is 7.20. The lowest BCUT2D eigenvalue weighted by molar-refractivity contribution is -0.114. The Hall–Kier alpha value is -3.61. The molecular formula is C30H32ClN5O. The summed E-state index contributed by atoms with van der Waals surface area (Å²) in [6.07, 6.45) is 12.9. The van der Waals surface area contributed by atoms with E-state index in [0.29, 0.717) is 18.0 Å². The fourth-order valence-corrected chi connectivity index (χ4v) is 5.46. The molecule has 6 nitrogen and oxygen atoms in total. The van der Waals surface area contributed by atoms with Crippen molar-refractivity contribution in [3.8, 4) is 11.1 Å². The van der Waals surface area contributed by atoms with E-state index in [1.807, 2.05) is 12.1 Å². The number of pyridine rings is 1. The van der Waals surface area contributed by atoms with Gasteiger partial charge < -0.3 is 19.7 Å². The topological polar surface area (TPSA) is 55.5 Å². The van der Waals surface area contributed by atoms with E-state index in [9.17, 15) is 4.79 Å². The Balaban J connectivity index is 1.51. The SMILES string of the molecule is C=C/C=C(\C=C/Cc1[nH]c2nccc(Cl)c2c1-c1ccc2c(c1)N(C(=O)C=C)CC2)N1CCN(C)CC1. The molecule has 0 atom stereocenters. The van der Waals surface area contributed by atoms with Crippen molar-refractivity contribution >= 4 is 34.2 Å². The lowest BCUT2D eigenvalue weighted by atomic mass is 9.98. The minimum atomic E-state index is -0.0804. The van der Waals surface area contributed by atoms with Crippen molar-refractivity contribution in [1.29, 1.82) is 0 Å². The first-order valence-corrected chi connectivity index (χ1v) is 13.0. The van der Waals surface area contributed by atoms with Crippen LogP contribution >= 0.6 is 11.6 Å².